The normalized spacial score (nSPS) is 9.89. The van der Waals surface area contributed by atoms with E-state index in [2.05, 4.69) is 22.1 Å². The van der Waals surface area contributed by atoms with Crippen LogP contribution < -0.4 is 5.32 Å². The monoisotopic (exact) mass is 250 g/mol. The molecule has 0 radical (unpaired) electrons. The Morgan fingerprint density at radius 1 is 1.61 bits per heavy atom. The lowest BCUT2D eigenvalue weighted by atomic mass is 10.3. The predicted octanol–water partition coefficient (Wildman–Crippen LogP) is 0.233. The fourth-order valence-electron chi connectivity index (χ4n) is 1.38. The van der Waals surface area contributed by atoms with Gasteiger partial charge in [0.15, 0.2) is 0 Å². The number of hydrogen-bond donors (Lipinski definition) is 2. The minimum absolute atomic E-state index is 0.0135. The zero-order valence-corrected chi connectivity index (χ0v) is 10.7. The molecular weight excluding hydrogens is 232 g/mol. The number of rotatable bonds is 6. The third kappa shape index (κ3) is 4.04. The van der Waals surface area contributed by atoms with Crippen LogP contribution >= 0.6 is 0 Å². The van der Waals surface area contributed by atoms with Crippen molar-refractivity contribution in [2.24, 2.45) is 0 Å². The van der Waals surface area contributed by atoms with E-state index in [-0.39, 0.29) is 18.4 Å². The minimum Gasteiger partial charge on any atom is -0.349 e. The third-order valence-corrected chi connectivity index (χ3v) is 2.45. The van der Waals surface area contributed by atoms with Crippen LogP contribution in [0.3, 0.4) is 0 Å². The van der Waals surface area contributed by atoms with Crippen molar-refractivity contribution in [2.45, 2.75) is 19.9 Å². The topological polar surface area (TPSA) is 78.1 Å². The fourth-order valence-corrected chi connectivity index (χ4v) is 1.38. The molecule has 1 aromatic rings. The number of likely N-dealkylation sites (N-methyl/N-ethyl adjacent to an activating group) is 1. The Hall–Kier alpha value is -2.11. The summed E-state index contributed by atoms with van der Waals surface area (Å²) in [4.78, 5) is 24.0. The van der Waals surface area contributed by atoms with Gasteiger partial charge >= 0.3 is 0 Å². The molecule has 0 aliphatic rings. The predicted molar refractivity (Wildman–Crippen MR) is 67.6 cm³/mol. The van der Waals surface area contributed by atoms with Crippen LogP contribution in [0.5, 0.6) is 0 Å². The number of aromatic amines is 1. The molecule has 0 aromatic carbocycles. The molecule has 2 N–H and O–H groups in total. The molecule has 1 rings (SSSR count). The van der Waals surface area contributed by atoms with E-state index in [1.807, 2.05) is 13.0 Å². The quantitative estimate of drug-likeness (QED) is 0.710. The Labute approximate surface area is 106 Å². The van der Waals surface area contributed by atoms with E-state index in [0.717, 1.165) is 17.8 Å². The fraction of sp³-hybridized carbons (Fsp3) is 0.417. The molecule has 0 unspecified atom stereocenters. The van der Waals surface area contributed by atoms with Gasteiger partial charge in [-0.15, -0.1) is 0 Å². The van der Waals surface area contributed by atoms with Gasteiger partial charge in [-0.25, -0.2) is 0 Å². The van der Waals surface area contributed by atoms with Crippen LogP contribution in [0, 0.1) is 0 Å². The van der Waals surface area contributed by atoms with Crippen molar-refractivity contribution in [3.05, 3.63) is 30.1 Å². The second kappa shape index (κ2) is 6.58. The van der Waals surface area contributed by atoms with Crippen molar-refractivity contribution in [1.29, 1.82) is 0 Å². The summed E-state index contributed by atoms with van der Waals surface area (Å²) in [7, 11) is 1.55. The summed E-state index contributed by atoms with van der Waals surface area (Å²) in [5.41, 5.74) is 1.80. The van der Waals surface area contributed by atoms with Gasteiger partial charge in [0, 0.05) is 7.05 Å². The summed E-state index contributed by atoms with van der Waals surface area (Å²) >= 11 is 0. The molecule has 0 spiro atoms. The van der Waals surface area contributed by atoms with Gasteiger partial charge in [-0.2, -0.15) is 5.10 Å². The highest BCUT2D eigenvalue weighted by molar-refractivity contribution is 5.90. The number of aromatic nitrogens is 2. The maximum Gasteiger partial charge on any atom is 0.246 e. The van der Waals surface area contributed by atoms with Gasteiger partial charge < -0.3 is 10.2 Å². The first kappa shape index (κ1) is 14.0. The molecule has 0 saturated heterocycles. The van der Waals surface area contributed by atoms with E-state index in [9.17, 15) is 9.59 Å². The van der Waals surface area contributed by atoms with Crippen LogP contribution in [-0.2, 0) is 22.6 Å². The van der Waals surface area contributed by atoms with Gasteiger partial charge in [0.1, 0.15) is 0 Å². The molecule has 2 amide bonds. The molecule has 1 heterocycles. The van der Waals surface area contributed by atoms with Gasteiger partial charge in [-0.1, -0.05) is 13.5 Å². The molecule has 1 aromatic heterocycles. The average Bonchev–Trinajstić information content (AvgIpc) is 2.83. The van der Waals surface area contributed by atoms with Crippen LogP contribution in [0.25, 0.3) is 0 Å². The summed E-state index contributed by atoms with van der Waals surface area (Å²) < 4.78 is 0. The Kier molecular flexibility index (Phi) is 5.10. The second-order valence-electron chi connectivity index (χ2n) is 3.91. The first-order chi connectivity index (χ1) is 8.56. The standard InChI is InChI=1S/C12H18N4O2/c1-4-9-6-10(15-14-9)7-13-11(17)8-16(3)12(18)5-2/h5-6H,2,4,7-8H2,1,3H3,(H,13,17)(H,14,15). The van der Waals surface area contributed by atoms with E-state index in [4.69, 9.17) is 0 Å². The summed E-state index contributed by atoms with van der Waals surface area (Å²) in [6.07, 6.45) is 2.02. The number of carbonyl (C=O) groups excluding carboxylic acids is 2. The number of amides is 2. The maximum atomic E-state index is 11.5. The van der Waals surface area contributed by atoms with Crippen LogP contribution in [0.15, 0.2) is 18.7 Å². The number of aryl methyl sites for hydroxylation is 1. The van der Waals surface area contributed by atoms with Crippen molar-refractivity contribution in [1.82, 2.24) is 20.4 Å². The van der Waals surface area contributed by atoms with Crippen LogP contribution in [0.1, 0.15) is 18.3 Å². The SMILES string of the molecule is C=CC(=O)N(C)CC(=O)NCc1cc(CC)n[nH]1. The van der Waals surface area contributed by atoms with Gasteiger partial charge in [0.25, 0.3) is 0 Å². The third-order valence-electron chi connectivity index (χ3n) is 2.45. The summed E-state index contributed by atoms with van der Waals surface area (Å²) in [6, 6.07) is 1.90. The Balaban J connectivity index is 2.37. The Bertz CT molecular complexity index is 439. The van der Waals surface area contributed by atoms with Crippen molar-refractivity contribution in [2.75, 3.05) is 13.6 Å². The minimum atomic E-state index is -0.278. The first-order valence-electron chi connectivity index (χ1n) is 5.74. The highest BCUT2D eigenvalue weighted by Crippen LogP contribution is 1.99. The molecule has 6 nitrogen and oxygen atoms in total. The van der Waals surface area contributed by atoms with Gasteiger partial charge in [0.05, 0.1) is 24.5 Å². The summed E-state index contributed by atoms with van der Waals surface area (Å²) in [5.74, 6) is -0.500. The summed E-state index contributed by atoms with van der Waals surface area (Å²) in [6.45, 7) is 5.76. The lowest BCUT2D eigenvalue weighted by Gasteiger charge is -2.14. The zero-order valence-electron chi connectivity index (χ0n) is 10.7. The number of nitrogens with one attached hydrogen (secondary N) is 2. The molecule has 0 bridgehead atoms. The second-order valence-corrected chi connectivity index (χ2v) is 3.91. The van der Waals surface area contributed by atoms with Crippen LogP contribution in [-0.4, -0.2) is 40.5 Å². The molecule has 6 heteroatoms. The molecular formula is C12H18N4O2. The largest absolute Gasteiger partial charge is 0.349 e. The summed E-state index contributed by atoms with van der Waals surface area (Å²) in [5, 5.41) is 9.61. The highest BCUT2D eigenvalue weighted by Gasteiger charge is 2.10. The van der Waals surface area contributed by atoms with Crippen LogP contribution in [0.4, 0.5) is 0 Å². The van der Waals surface area contributed by atoms with Gasteiger partial charge in [-0.3, -0.25) is 14.7 Å². The molecule has 98 valence electrons. The van der Waals surface area contributed by atoms with E-state index in [1.54, 1.807) is 7.05 Å². The smallest absolute Gasteiger partial charge is 0.246 e. The number of H-pyrrole nitrogens is 1. The van der Waals surface area contributed by atoms with E-state index >= 15 is 0 Å². The lowest BCUT2D eigenvalue weighted by molar-refractivity contribution is -0.131. The van der Waals surface area contributed by atoms with E-state index in [0.29, 0.717) is 6.54 Å². The lowest BCUT2D eigenvalue weighted by Crippen LogP contribution is -2.37. The average molecular weight is 250 g/mol. The van der Waals surface area contributed by atoms with Crippen molar-refractivity contribution in [3.63, 3.8) is 0 Å². The molecule has 0 atom stereocenters. The molecule has 0 fully saturated rings. The first-order valence-corrected chi connectivity index (χ1v) is 5.74. The van der Waals surface area contributed by atoms with Gasteiger partial charge in [-0.05, 0) is 18.6 Å². The Morgan fingerprint density at radius 3 is 2.89 bits per heavy atom. The van der Waals surface area contributed by atoms with E-state index < -0.39 is 0 Å². The Morgan fingerprint density at radius 2 is 2.33 bits per heavy atom. The molecule has 0 aliphatic carbocycles. The molecule has 0 saturated carbocycles. The zero-order chi connectivity index (χ0) is 13.5. The van der Waals surface area contributed by atoms with Crippen molar-refractivity contribution in [3.8, 4) is 0 Å². The molecule has 18 heavy (non-hydrogen) atoms. The number of carbonyl (C=O) groups is 2. The molecule has 0 aliphatic heterocycles. The number of hydrogen-bond acceptors (Lipinski definition) is 3. The van der Waals surface area contributed by atoms with E-state index in [1.165, 1.54) is 11.0 Å². The van der Waals surface area contributed by atoms with Crippen molar-refractivity contribution < 1.29 is 9.59 Å². The van der Waals surface area contributed by atoms with Crippen molar-refractivity contribution >= 4 is 11.8 Å². The van der Waals surface area contributed by atoms with Gasteiger partial charge in [0.2, 0.25) is 11.8 Å². The maximum absolute atomic E-state index is 11.5. The van der Waals surface area contributed by atoms with Crippen LogP contribution in [0.2, 0.25) is 0 Å². The highest BCUT2D eigenvalue weighted by atomic mass is 16.2. The number of nitrogens with zero attached hydrogens (tertiary/aromatic N) is 2.